The van der Waals surface area contributed by atoms with Crippen LogP contribution in [0, 0.1) is 6.92 Å². The fourth-order valence-electron chi connectivity index (χ4n) is 4.90. The number of carbonyl (C=O) groups excluding carboxylic acids is 1. The van der Waals surface area contributed by atoms with Crippen molar-refractivity contribution in [2.45, 2.75) is 38.6 Å². The smallest absolute Gasteiger partial charge is 0.317 e. The number of carbonyl (C=O) groups is 1. The van der Waals surface area contributed by atoms with Crippen molar-refractivity contribution >= 4 is 28.7 Å². The maximum absolute atomic E-state index is 12.3. The minimum Gasteiger partial charge on any atom is -0.345 e. The summed E-state index contributed by atoms with van der Waals surface area (Å²) in [4.78, 5) is 21.8. The number of rotatable bonds is 2. The van der Waals surface area contributed by atoms with Crippen LogP contribution >= 0.6 is 11.6 Å². The first-order valence-corrected chi connectivity index (χ1v) is 10.1. The zero-order chi connectivity index (χ0) is 19.5. The molecule has 1 atom stereocenters. The van der Waals surface area contributed by atoms with Crippen LogP contribution in [-0.4, -0.2) is 50.3 Å². The van der Waals surface area contributed by atoms with Crippen molar-refractivity contribution < 1.29 is 4.79 Å². The van der Waals surface area contributed by atoms with Gasteiger partial charge in [0, 0.05) is 54.9 Å². The standard InChI is InChI=1S/C20H23ClN6O/c1-3-22-19(28)26-6-4-20(11-26)5-7-27-17(20)12(2)16(25-27)13-8-14-15(21)10-24-18(14)23-9-13/h8-10H,3-7,11H2,1-2H3,(H,22,28)(H,23,24). The zero-order valence-electron chi connectivity index (χ0n) is 16.0. The van der Waals surface area contributed by atoms with Gasteiger partial charge in [0.25, 0.3) is 0 Å². The number of halogens is 1. The molecule has 2 aliphatic heterocycles. The molecule has 1 spiro atoms. The average Bonchev–Trinajstić information content (AvgIpc) is 3.43. The van der Waals surface area contributed by atoms with Crippen LogP contribution in [0.5, 0.6) is 0 Å². The molecule has 1 unspecified atom stereocenters. The highest BCUT2D eigenvalue weighted by atomic mass is 35.5. The van der Waals surface area contributed by atoms with Crippen molar-refractivity contribution in [1.29, 1.82) is 0 Å². The van der Waals surface area contributed by atoms with Gasteiger partial charge in [0.1, 0.15) is 5.65 Å². The number of amides is 2. The first-order chi connectivity index (χ1) is 13.5. The Morgan fingerprint density at radius 1 is 1.39 bits per heavy atom. The normalized spacial score (nSPS) is 21.0. The van der Waals surface area contributed by atoms with Crippen molar-refractivity contribution in [3.05, 3.63) is 34.7 Å². The summed E-state index contributed by atoms with van der Waals surface area (Å²) in [6, 6.07) is 2.08. The van der Waals surface area contributed by atoms with Crippen molar-refractivity contribution in [2.75, 3.05) is 19.6 Å². The van der Waals surface area contributed by atoms with E-state index in [1.54, 1.807) is 6.20 Å². The van der Waals surface area contributed by atoms with Gasteiger partial charge < -0.3 is 15.2 Å². The molecule has 146 valence electrons. The minimum atomic E-state index is 0.00365. The van der Waals surface area contributed by atoms with Gasteiger partial charge in [-0.25, -0.2) is 9.78 Å². The van der Waals surface area contributed by atoms with E-state index in [2.05, 4.69) is 33.0 Å². The number of aryl methyl sites for hydroxylation is 1. The first-order valence-electron chi connectivity index (χ1n) is 9.76. The molecular weight excluding hydrogens is 376 g/mol. The zero-order valence-corrected chi connectivity index (χ0v) is 16.8. The number of hydrogen-bond donors (Lipinski definition) is 2. The Hall–Kier alpha value is -2.54. The van der Waals surface area contributed by atoms with Gasteiger partial charge >= 0.3 is 6.03 Å². The molecule has 0 bridgehead atoms. The Morgan fingerprint density at radius 3 is 3.04 bits per heavy atom. The van der Waals surface area contributed by atoms with Crippen LogP contribution in [0.1, 0.15) is 31.0 Å². The van der Waals surface area contributed by atoms with Crippen LogP contribution in [0.15, 0.2) is 18.5 Å². The molecule has 5 rings (SSSR count). The number of likely N-dealkylation sites (tertiary alicyclic amines) is 1. The van der Waals surface area contributed by atoms with Crippen LogP contribution in [0.25, 0.3) is 22.3 Å². The Kier molecular flexibility index (Phi) is 3.91. The molecule has 0 radical (unpaired) electrons. The number of aromatic amines is 1. The molecule has 2 amide bonds. The van der Waals surface area contributed by atoms with E-state index in [9.17, 15) is 4.79 Å². The highest BCUT2D eigenvalue weighted by Crippen LogP contribution is 2.46. The van der Waals surface area contributed by atoms with Crippen LogP contribution in [0.4, 0.5) is 4.79 Å². The quantitative estimate of drug-likeness (QED) is 0.693. The van der Waals surface area contributed by atoms with Gasteiger partial charge in [0.05, 0.1) is 16.4 Å². The molecule has 5 heterocycles. The summed E-state index contributed by atoms with van der Waals surface area (Å²) >= 11 is 6.28. The second-order valence-corrected chi connectivity index (χ2v) is 8.25. The molecule has 2 aliphatic rings. The van der Waals surface area contributed by atoms with E-state index in [1.165, 1.54) is 11.3 Å². The highest BCUT2D eigenvalue weighted by molar-refractivity contribution is 6.35. The summed E-state index contributed by atoms with van der Waals surface area (Å²) in [7, 11) is 0. The summed E-state index contributed by atoms with van der Waals surface area (Å²) in [5, 5.41) is 9.41. The van der Waals surface area contributed by atoms with Crippen LogP contribution in [0.3, 0.4) is 0 Å². The minimum absolute atomic E-state index is 0.00365. The third kappa shape index (κ3) is 2.45. The van der Waals surface area contributed by atoms with Gasteiger partial charge in [-0.15, -0.1) is 0 Å². The largest absolute Gasteiger partial charge is 0.345 e. The van der Waals surface area contributed by atoms with E-state index in [0.717, 1.165) is 54.8 Å². The number of H-pyrrole nitrogens is 1. The predicted octanol–water partition coefficient (Wildman–Crippen LogP) is 3.46. The molecule has 1 saturated heterocycles. The van der Waals surface area contributed by atoms with E-state index >= 15 is 0 Å². The molecule has 0 saturated carbocycles. The molecule has 7 nitrogen and oxygen atoms in total. The maximum Gasteiger partial charge on any atom is 0.317 e. The van der Waals surface area contributed by atoms with Crippen LogP contribution in [0.2, 0.25) is 5.02 Å². The topological polar surface area (TPSA) is 78.8 Å². The molecule has 0 aromatic carbocycles. The maximum atomic E-state index is 12.3. The average molecular weight is 399 g/mol. The summed E-state index contributed by atoms with van der Waals surface area (Å²) in [6.07, 6.45) is 5.62. The number of urea groups is 1. The second-order valence-electron chi connectivity index (χ2n) is 7.84. The van der Waals surface area contributed by atoms with Crippen molar-refractivity contribution in [3.63, 3.8) is 0 Å². The molecule has 8 heteroatoms. The van der Waals surface area contributed by atoms with E-state index in [4.69, 9.17) is 16.7 Å². The van der Waals surface area contributed by atoms with E-state index in [-0.39, 0.29) is 11.4 Å². The Morgan fingerprint density at radius 2 is 2.21 bits per heavy atom. The fourth-order valence-corrected chi connectivity index (χ4v) is 5.10. The molecule has 2 N–H and O–H groups in total. The van der Waals surface area contributed by atoms with Gasteiger partial charge in [0.2, 0.25) is 0 Å². The predicted molar refractivity (Wildman–Crippen MR) is 109 cm³/mol. The lowest BCUT2D eigenvalue weighted by molar-refractivity contribution is 0.206. The van der Waals surface area contributed by atoms with E-state index in [0.29, 0.717) is 11.6 Å². The Bertz CT molecular complexity index is 1090. The third-order valence-electron chi connectivity index (χ3n) is 6.22. The van der Waals surface area contributed by atoms with Crippen molar-refractivity contribution in [1.82, 2.24) is 30.0 Å². The summed E-state index contributed by atoms with van der Waals surface area (Å²) < 4.78 is 2.13. The lowest BCUT2D eigenvalue weighted by Gasteiger charge is -2.24. The van der Waals surface area contributed by atoms with Crippen molar-refractivity contribution in [2.24, 2.45) is 0 Å². The van der Waals surface area contributed by atoms with Crippen LogP contribution < -0.4 is 5.32 Å². The summed E-state index contributed by atoms with van der Waals surface area (Å²) in [6.45, 7) is 7.18. The van der Waals surface area contributed by atoms with Gasteiger partial charge in [-0.2, -0.15) is 5.10 Å². The SMILES string of the molecule is CCNC(=O)N1CCC2(CCn3nc(-c4cnc5[nH]cc(Cl)c5c4)c(C)c32)C1. The van der Waals surface area contributed by atoms with Crippen molar-refractivity contribution in [3.8, 4) is 11.3 Å². The Labute approximate surface area is 168 Å². The van der Waals surface area contributed by atoms with E-state index in [1.807, 2.05) is 18.0 Å². The van der Waals surface area contributed by atoms with Gasteiger partial charge in [-0.1, -0.05) is 11.6 Å². The molecule has 3 aromatic rings. The third-order valence-corrected chi connectivity index (χ3v) is 6.53. The number of nitrogens with one attached hydrogen (secondary N) is 2. The first kappa shape index (κ1) is 17.6. The number of nitrogens with zero attached hydrogens (tertiary/aromatic N) is 4. The number of pyridine rings is 1. The molecule has 3 aromatic heterocycles. The number of aromatic nitrogens is 4. The molecule has 1 fully saturated rings. The second kappa shape index (κ2) is 6.24. The monoisotopic (exact) mass is 398 g/mol. The van der Waals surface area contributed by atoms with Crippen LogP contribution in [-0.2, 0) is 12.0 Å². The van der Waals surface area contributed by atoms with Gasteiger partial charge in [0.15, 0.2) is 0 Å². The molecular formula is C20H23ClN6O. The number of hydrogen-bond acceptors (Lipinski definition) is 3. The number of fused-ring (bicyclic) bond motifs is 3. The Balaban J connectivity index is 1.53. The molecule has 28 heavy (non-hydrogen) atoms. The lowest BCUT2D eigenvalue weighted by atomic mass is 9.80. The fraction of sp³-hybridized carbons (Fsp3) is 0.450. The van der Waals surface area contributed by atoms with Gasteiger partial charge in [-0.05, 0) is 38.3 Å². The summed E-state index contributed by atoms with van der Waals surface area (Å²) in [5.41, 5.74) is 5.17. The molecule has 0 aliphatic carbocycles. The van der Waals surface area contributed by atoms with Gasteiger partial charge in [-0.3, -0.25) is 4.68 Å². The summed E-state index contributed by atoms with van der Waals surface area (Å²) in [5.74, 6) is 0. The highest BCUT2D eigenvalue weighted by Gasteiger charge is 2.48. The van der Waals surface area contributed by atoms with E-state index < -0.39 is 0 Å². The lowest BCUT2D eigenvalue weighted by Crippen LogP contribution is -2.40.